The second-order valence-corrected chi connectivity index (χ2v) is 10.00. The molecule has 0 spiro atoms. The number of nitrogens with one attached hydrogen (secondary N) is 1. The van der Waals surface area contributed by atoms with E-state index in [0.717, 1.165) is 21.9 Å². The van der Waals surface area contributed by atoms with Gasteiger partial charge >= 0.3 is 11.9 Å². The Labute approximate surface area is 216 Å². The average molecular weight is 525 g/mol. The van der Waals surface area contributed by atoms with E-state index in [1.807, 2.05) is 13.8 Å². The molecule has 194 valence electrons. The third-order valence-electron chi connectivity index (χ3n) is 5.65. The third-order valence-corrected chi connectivity index (χ3v) is 7.44. The highest BCUT2D eigenvalue weighted by molar-refractivity contribution is 7.92. The zero-order valence-electron chi connectivity index (χ0n) is 21.0. The number of sulfonamides is 1. The van der Waals surface area contributed by atoms with Gasteiger partial charge < -0.3 is 14.8 Å². The first-order chi connectivity index (χ1) is 17.6. The van der Waals surface area contributed by atoms with Crippen LogP contribution in [0.2, 0.25) is 0 Å². The summed E-state index contributed by atoms with van der Waals surface area (Å²) in [6, 6.07) is 17.1. The zero-order valence-corrected chi connectivity index (χ0v) is 21.8. The maximum atomic E-state index is 13.6. The van der Waals surface area contributed by atoms with E-state index in [1.54, 1.807) is 36.4 Å². The van der Waals surface area contributed by atoms with Crippen molar-refractivity contribution in [3.05, 3.63) is 89.0 Å². The number of aryl methyl sites for hydroxylation is 2. The average Bonchev–Trinajstić information content (AvgIpc) is 2.91. The molecular weight excluding hydrogens is 496 g/mol. The summed E-state index contributed by atoms with van der Waals surface area (Å²) in [6.45, 7) is 3.22. The summed E-state index contributed by atoms with van der Waals surface area (Å²) in [5.41, 5.74) is 2.24. The van der Waals surface area contributed by atoms with Gasteiger partial charge in [0.1, 0.15) is 6.54 Å². The number of hydrogen-bond acceptors (Lipinski definition) is 7. The highest BCUT2D eigenvalue weighted by atomic mass is 32.2. The molecule has 0 radical (unpaired) electrons. The molecule has 0 saturated heterocycles. The normalized spacial score (nSPS) is 10.9. The molecule has 0 bridgehead atoms. The van der Waals surface area contributed by atoms with Crippen molar-refractivity contribution in [3.8, 4) is 0 Å². The molecule has 3 aromatic rings. The summed E-state index contributed by atoms with van der Waals surface area (Å²) in [5.74, 6) is -2.15. The fraction of sp³-hybridized carbons (Fsp3) is 0.222. The molecule has 3 aromatic carbocycles. The van der Waals surface area contributed by atoms with Crippen molar-refractivity contribution in [1.29, 1.82) is 0 Å². The highest BCUT2D eigenvalue weighted by Crippen LogP contribution is 2.26. The molecule has 9 nitrogen and oxygen atoms in total. The van der Waals surface area contributed by atoms with Gasteiger partial charge in [-0.1, -0.05) is 36.8 Å². The minimum absolute atomic E-state index is 0.0104. The Morgan fingerprint density at radius 3 is 2.05 bits per heavy atom. The maximum Gasteiger partial charge on any atom is 0.339 e. The number of carbonyl (C=O) groups is 3. The van der Waals surface area contributed by atoms with Gasteiger partial charge in [-0.25, -0.2) is 18.0 Å². The van der Waals surface area contributed by atoms with Crippen molar-refractivity contribution in [3.63, 3.8) is 0 Å². The van der Waals surface area contributed by atoms with Crippen LogP contribution in [0.5, 0.6) is 0 Å². The van der Waals surface area contributed by atoms with Gasteiger partial charge in [-0.3, -0.25) is 9.10 Å². The molecule has 1 amide bonds. The topological polar surface area (TPSA) is 119 Å². The van der Waals surface area contributed by atoms with Crippen LogP contribution in [0.15, 0.2) is 71.6 Å². The lowest BCUT2D eigenvalue weighted by molar-refractivity contribution is -0.114. The number of nitrogens with zero attached hydrogens (tertiary/aromatic N) is 1. The molecule has 0 fully saturated rings. The van der Waals surface area contributed by atoms with Crippen molar-refractivity contribution >= 4 is 39.2 Å². The molecule has 0 aliphatic carbocycles. The molecule has 1 N–H and O–H groups in total. The molecule has 0 aliphatic rings. The Hall–Kier alpha value is -4.18. The van der Waals surface area contributed by atoms with Crippen LogP contribution in [0.1, 0.15) is 38.8 Å². The van der Waals surface area contributed by atoms with E-state index in [1.165, 1.54) is 44.6 Å². The Balaban J connectivity index is 2.00. The first-order valence-electron chi connectivity index (χ1n) is 11.4. The van der Waals surface area contributed by atoms with Crippen LogP contribution in [-0.4, -0.2) is 47.0 Å². The standard InChI is InChI=1S/C27H28N2O7S/c1-5-19-8-11-21(12-9-19)29(37(33,34)22-13-6-18(2)7-14-22)17-25(30)28-24-16-20(26(31)35-3)10-15-23(24)27(32)36-4/h6-16H,5,17H2,1-4H3,(H,28,30). The molecule has 10 heteroatoms. The summed E-state index contributed by atoms with van der Waals surface area (Å²) in [4.78, 5) is 37.4. The van der Waals surface area contributed by atoms with Crippen molar-refractivity contribution in [2.24, 2.45) is 0 Å². The molecule has 0 heterocycles. The van der Waals surface area contributed by atoms with Crippen molar-refractivity contribution in [2.45, 2.75) is 25.2 Å². The van der Waals surface area contributed by atoms with Crippen LogP contribution < -0.4 is 9.62 Å². The molecule has 0 saturated carbocycles. The summed E-state index contributed by atoms with van der Waals surface area (Å²) >= 11 is 0. The number of hydrogen-bond donors (Lipinski definition) is 1. The maximum absolute atomic E-state index is 13.6. The van der Waals surface area contributed by atoms with Crippen molar-refractivity contribution < 1.29 is 32.3 Å². The van der Waals surface area contributed by atoms with Crippen molar-refractivity contribution in [1.82, 2.24) is 0 Å². The molecule has 37 heavy (non-hydrogen) atoms. The van der Waals surface area contributed by atoms with Gasteiger partial charge in [0.25, 0.3) is 10.0 Å². The molecule has 3 rings (SSSR count). The number of rotatable bonds is 9. The monoisotopic (exact) mass is 524 g/mol. The number of benzene rings is 3. The van der Waals surface area contributed by atoms with E-state index in [0.29, 0.717) is 5.69 Å². The number of ether oxygens (including phenoxy) is 2. The molecule has 0 aliphatic heterocycles. The molecule has 0 atom stereocenters. The van der Waals surface area contributed by atoms with E-state index in [4.69, 9.17) is 9.47 Å². The summed E-state index contributed by atoms with van der Waals surface area (Å²) in [5, 5.41) is 2.55. The minimum Gasteiger partial charge on any atom is -0.465 e. The summed E-state index contributed by atoms with van der Waals surface area (Å²) in [6.07, 6.45) is 0.762. The lowest BCUT2D eigenvalue weighted by Crippen LogP contribution is -2.38. The van der Waals surface area contributed by atoms with Crippen LogP contribution in [0.25, 0.3) is 0 Å². The highest BCUT2D eigenvalue weighted by Gasteiger charge is 2.28. The third kappa shape index (κ3) is 6.34. The van der Waals surface area contributed by atoms with Crippen LogP contribution in [0.3, 0.4) is 0 Å². The number of carbonyl (C=O) groups excluding carboxylic acids is 3. The van der Waals surface area contributed by atoms with Gasteiger partial charge in [0, 0.05) is 0 Å². The number of amides is 1. The van der Waals surface area contributed by atoms with E-state index < -0.39 is 34.4 Å². The summed E-state index contributed by atoms with van der Waals surface area (Å²) in [7, 11) is -1.75. The lowest BCUT2D eigenvalue weighted by atomic mass is 10.1. The second kappa shape index (κ2) is 11.7. The Kier molecular flexibility index (Phi) is 8.67. The molecule has 0 aromatic heterocycles. The van der Waals surface area contributed by atoms with Gasteiger partial charge in [-0.2, -0.15) is 0 Å². The van der Waals surface area contributed by atoms with E-state index in [-0.39, 0.29) is 21.7 Å². The van der Waals surface area contributed by atoms with Crippen LogP contribution in [-0.2, 0) is 30.7 Å². The van der Waals surface area contributed by atoms with E-state index in [9.17, 15) is 22.8 Å². The SMILES string of the molecule is CCc1ccc(N(CC(=O)Nc2cc(C(=O)OC)ccc2C(=O)OC)S(=O)(=O)c2ccc(C)cc2)cc1. The first kappa shape index (κ1) is 27.4. The Morgan fingerprint density at radius 2 is 1.49 bits per heavy atom. The van der Waals surface area contributed by atoms with E-state index >= 15 is 0 Å². The fourth-order valence-electron chi connectivity index (χ4n) is 3.55. The van der Waals surface area contributed by atoms with Gasteiger partial charge in [0.15, 0.2) is 0 Å². The van der Waals surface area contributed by atoms with Crippen molar-refractivity contribution in [2.75, 3.05) is 30.4 Å². The minimum atomic E-state index is -4.13. The van der Waals surface area contributed by atoms with Gasteiger partial charge in [0.05, 0.1) is 41.6 Å². The largest absolute Gasteiger partial charge is 0.465 e. The number of esters is 2. The van der Waals surface area contributed by atoms with Crippen LogP contribution >= 0.6 is 0 Å². The number of anilines is 2. The first-order valence-corrected chi connectivity index (χ1v) is 12.8. The van der Waals surface area contributed by atoms with Crippen LogP contribution in [0, 0.1) is 6.92 Å². The van der Waals surface area contributed by atoms with Gasteiger partial charge in [0.2, 0.25) is 5.91 Å². The Bertz CT molecular complexity index is 1400. The van der Waals surface area contributed by atoms with E-state index in [2.05, 4.69) is 5.32 Å². The zero-order chi connectivity index (χ0) is 27.2. The van der Waals surface area contributed by atoms with Gasteiger partial charge in [-0.15, -0.1) is 0 Å². The fourth-order valence-corrected chi connectivity index (χ4v) is 4.97. The quantitative estimate of drug-likeness (QED) is 0.421. The molecule has 0 unspecified atom stereocenters. The van der Waals surface area contributed by atoms with Crippen LogP contribution in [0.4, 0.5) is 11.4 Å². The smallest absolute Gasteiger partial charge is 0.339 e. The Morgan fingerprint density at radius 1 is 0.865 bits per heavy atom. The summed E-state index contributed by atoms with van der Waals surface area (Å²) < 4.78 is 37.7. The lowest BCUT2D eigenvalue weighted by Gasteiger charge is -2.24. The molecular formula is C27H28N2O7S. The predicted octanol–water partition coefficient (Wildman–Crippen LogP) is 3.96. The predicted molar refractivity (Wildman–Crippen MR) is 139 cm³/mol. The second-order valence-electron chi connectivity index (χ2n) is 8.14. The van der Waals surface area contributed by atoms with Gasteiger partial charge in [-0.05, 0) is 61.4 Å². The number of methoxy groups -OCH3 is 2.